The van der Waals surface area contributed by atoms with Crippen LogP contribution in [0.2, 0.25) is 0 Å². The second-order valence-electron chi connectivity index (χ2n) is 4.19. The van der Waals surface area contributed by atoms with E-state index in [1.165, 1.54) is 19.2 Å². The van der Waals surface area contributed by atoms with Gasteiger partial charge in [0.25, 0.3) is 5.91 Å². The molecule has 110 valence electrons. The fourth-order valence-corrected chi connectivity index (χ4v) is 2.54. The molecule has 0 unspecified atom stereocenters. The number of thiazole rings is 1. The average molecular weight is 308 g/mol. The molecule has 0 aliphatic rings. The Morgan fingerprint density at radius 3 is 2.62 bits per heavy atom. The second kappa shape index (κ2) is 6.45. The maximum Gasteiger partial charge on any atom is 0.350 e. The minimum atomic E-state index is -0.595. The standard InChI is InChI=1S/C14H13FN2O3S/c1-8-12(14(19)20-7-11(18)16-2)21-13(17-8)9-3-5-10(15)6-4-9/h3-6H,7H2,1-2H3,(H,16,18). The van der Waals surface area contributed by atoms with Gasteiger partial charge in [-0.3, -0.25) is 4.79 Å². The van der Waals surface area contributed by atoms with Crippen LogP contribution in [0.25, 0.3) is 10.6 Å². The van der Waals surface area contributed by atoms with Crippen LogP contribution in [-0.2, 0) is 9.53 Å². The lowest BCUT2D eigenvalue weighted by Gasteiger charge is -2.01. The molecule has 2 aromatic rings. The quantitative estimate of drug-likeness (QED) is 0.879. The summed E-state index contributed by atoms with van der Waals surface area (Å²) in [7, 11) is 1.46. The van der Waals surface area contributed by atoms with Crippen LogP contribution < -0.4 is 5.32 Å². The van der Waals surface area contributed by atoms with Gasteiger partial charge in [-0.2, -0.15) is 0 Å². The Balaban J connectivity index is 2.17. The number of amides is 1. The van der Waals surface area contributed by atoms with Crippen LogP contribution in [0.4, 0.5) is 4.39 Å². The lowest BCUT2D eigenvalue weighted by atomic mass is 10.2. The van der Waals surface area contributed by atoms with E-state index in [2.05, 4.69) is 10.3 Å². The number of hydrogen-bond donors (Lipinski definition) is 1. The van der Waals surface area contributed by atoms with Crippen molar-refractivity contribution in [1.82, 2.24) is 10.3 Å². The van der Waals surface area contributed by atoms with Crippen LogP contribution in [-0.4, -0.2) is 30.5 Å². The zero-order valence-corrected chi connectivity index (χ0v) is 12.3. The number of carbonyl (C=O) groups is 2. The monoisotopic (exact) mass is 308 g/mol. The van der Waals surface area contributed by atoms with Gasteiger partial charge in [-0.05, 0) is 31.2 Å². The first-order valence-corrected chi connectivity index (χ1v) is 6.94. The molecule has 7 heteroatoms. The number of likely N-dealkylation sites (N-methyl/N-ethyl adjacent to an activating group) is 1. The third-order valence-corrected chi connectivity index (χ3v) is 3.87. The van der Waals surface area contributed by atoms with Crippen LogP contribution in [0.3, 0.4) is 0 Å². The van der Waals surface area contributed by atoms with Crippen LogP contribution in [0, 0.1) is 12.7 Å². The molecule has 1 aromatic carbocycles. The molecule has 0 saturated carbocycles. The van der Waals surface area contributed by atoms with Gasteiger partial charge in [0.05, 0.1) is 5.69 Å². The summed E-state index contributed by atoms with van der Waals surface area (Å²) in [5.41, 5.74) is 1.23. The third-order valence-electron chi connectivity index (χ3n) is 2.69. The largest absolute Gasteiger partial charge is 0.451 e. The number of aromatic nitrogens is 1. The summed E-state index contributed by atoms with van der Waals surface area (Å²) in [4.78, 5) is 27.6. The average Bonchev–Trinajstić information content (AvgIpc) is 2.87. The number of benzene rings is 1. The summed E-state index contributed by atoms with van der Waals surface area (Å²) < 4.78 is 17.8. The van der Waals surface area contributed by atoms with E-state index in [0.717, 1.165) is 16.9 Å². The first-order valence-electron chi connectivity index (χ1n) is 6.12. The van der Waals surface area contributed by atoms with Gasteiger partial charge < -0.3 is 10.1 Å². The highest BCUT2D eigenvalue weighted by atomic mass is 32.1. The third kappa shape index (κ3) is 3.63. The molecule has 0 atom stereocenters. The Morgan fingerprint density at radius 1 is 1.33 bits per heavy atom. The van der Waals surface area contributed by atoms with Crippen molar-refractivity contribution in [2.45, 2.75) is 6.92 Å². The van der Waals surface area contributed by atoms with E-state index in [1.807, 2.05) is 0 Å². The van der Waals surface area contributed by atoms with Crippen LogP contribution >= 0.6 is 11.3 Å². The number of esters is 1. The zero-order chi connectivity index (χ0) is 15.4. The molecule has 5 nitrogen and oxygen atoms in total. The van der Waals surface area contributed by atoms with Gasteiger partial charge in [-0.25, -0.2) is 14.2 Å². The van der Waals surface area contributed by atoms with Gasteiger partial charge in [-0.1, -0.05) is 0 Å². The van der Waals surface area contributed by atoms with E-state index >= 15 is 0 Å². The predicted molar refractivity (Wildman–Crippen MR) is 76.6 cm³/mol. The molecular formula is C14H13FN2O3S. The fourth-order valence-electron chi connectivity index (χ4n) is 1.57. The van der Waals surface area contributed by atoms with Crippen molar-refractivity contribution in [1.29, 1.82) is 0 Å². The van der Waals surface area contributed by atoms with Crippen LogP contribution in [0.1, 0.15) is 15.4 Å². The number of halogens is 1. The molecule has 0 fully saturated rings. The summed E-state index contributed by atoms with van der Waals surface area (Å²) in [5, 5.41) is 2.96. The summed E-state index contributed by atoms with van der Waals surface area (Å²) in [5.74, 6) is -1.32. The molecule has 2 rings (SSSR count). The van der Waals surface area contributed by atoms with E-state index < -0.39 is 5.97 Å². The molecule has 1 aromatic heterocycles. The number of carbonyl (C=O) groups excluding carboxylic acids is 2. The smallest absolute Gasteiger partial charge is 0.350 e. The molecule has 0 spiro atoms. The van der Waals surface area contributed by atoms with Crippen molar-refractivity contribution in [2.24, 2.45) is 0 Å². The van der Waals surface area contributed by atoms with Crippen molar-refractivity contribution in [3.05, 3.63) is 40.7 Å². The molecular weight excluding hydrogens is 295 g/mol. The maximum atomic E-state index is 12.9. The van der Waals surface area contributed by atoms with E-state index in [-0.39, 0.29) is 18.3 Å². The Morgan fingerprint density at radius 2 is 2.00 bits per heavy atom. The molecule has 1 heterocycles. The molecule has 0 radical (unpaired) electrons. The topological polar surface area (TPSA) is 68.3 Å². The summed E-state index contributed by atoms with van der Waals surface area (Å²) in [6, 6.07) is 5.84. The molecule has 0 aliphatic carbocycles. The Kier molecular flexibility index (Phi) is 4.64. The number of aryl methyl sites for hydroxylation is 1. The number of nitrogens with one attached hydrogen (secondary N) is 1. The second-order valence-corrected chi connectivity index (χ2v) is 5.19. The van der Waals surface area contributed by atoms with Crippen molar-refractivity contribution >= 4 is 23.2 Å². The SMILES string of the molecule is CNC(=O)COC(=O)c1sc(-c2ccc(F)cc2)nc1C. The maximum absolute atomic E-state index is 12.9. The van der Waals surface area contributed by atoms with Gasteiger partial charge in [0.15, 0.2) is 6.61 Å². The highest BCUT2D eigenvalue weighted by Crippen LogP contribution is 2.28. The lowest BCUT2D eigenvalue weighted by molar-refractivity contribution is -0.123. The van der Waals surface area contributed by atoms with Gasteiger partial charge in [0, 0.05) is 12.6 Å². The Bertz CT molecular complexity index is 667. The minimum absolute atomic E-state index is 0.332. The number of ether oxygens (including phenoxy) is 1. The van der Waals surface area contributed by atoms with Crippen molar-refractivity contribution in [3.63, 3.8) is 0 Å². The number of nitrogens with zero attached hydrogens (tertiary/aromatic N) is 1. The van der Waals surface area contributed by atoms with E-state index in [1.54, 1.807) is 19.1 Å². The van der Waals surface area contributed by atoms with Crippen molar-refractivity contribution < 1.29 is 18.7 Å². The van der Waals surface area contributed by atoms with E-state index in [0.29, 0.717) is 15.6 Å². The molecule has 21 heavy (non-hydrogen) atoms. The summed E-state index contributed by atoms with van der Waals surface area (Å²) in [6.07, 6.45) is 0. The molecule has 0 aliphatic heterocycles. The molecule has 0 bridgehead atoms. The first-order chi connectivity index (χ1) is 10.0. The predicted octanol–water partition coefficient (Wildman–Crippen LogP) is 2.16. The zero-order valence-electron chi connectivity index (χ0n) is 11.5. The highest BCUT2D eigenvalue weighted by molar-refractivity contribution is 7.17. The minimum Gasteiger partial charge on any atom is -0.451 e. The van der Waals surface area contributed by atoms with Crippen molar-refractivity contribution in [3.8, 4) is 10.6 Å². The number of hydrogen-bond acceptors (Lipinski definition) is 5. The molecule has 0 saturated heterocycles. The van der Waals surface area contributed by atoms with Gasteiger partial charge in [0.1, 0.15) is 15.7 Å². The summed E-state index contributed by atoms with van der Waals surface area (Å²) >= 11 is 1.15. The van der Waals surface area contributed by atoms with Gasteiger partial charge in [-0.15, -0.1) is 11.3 Å². The summed E-state index contributed by atoms with van der Waals surface area (Å²) in [6.45, 7) is 1.35. The number of rotatable bonds is 4. The Hall–Kier alpha value is -2.28. The first kappa shape index (κ1) is 15.1. The Labute approximate surface area is 124 Å². The van der Waals surface area contributed by atoms with Crippen LogP contribution in [0.15, 0.2) is 24.3 Å². The molecule has 1 N–H and O–H groups in total. The van der Waals surface area contributed by atoms with E-state index in [9.17, 15) is 14.0 Å². The van der Waals surface area contributed by atoms with Crippen molar-refractivity contribution in [2.75, 3.05) is 13.7 Å². The van der Waals surface area contributed by atoms with Gasteiger partial charge in [0.2, 0.25) is 0 Å². The van der Waals surface area contributed by atoms with E-state index in [4.69, 9.17) is 4.74 Å². The van der Waals surface area contributed by atoms with Crippen LogP contribution in [0.5, 0.6) is 0 Å². The highest BCUT2D eigenvalue weighted by Gasteiger charge is 2.18. The lowest BCUT2D eigenvalue weighted by Crippen LogP contribution is -2.25. The van der Waals surface area contributed by atoms with Gasteiger partial charge >= 0.3 is 5.97 Å². The normalized spacial score (nSPS) is 10.2. The fraction of sp³-hybridized carbons (Fsp3) is 0.214. The molecule has 1 amide bonds.